The predicted octanol–water partition coefficient (Wildman–Crippen LogP) is 3.89. The number of hydrogen-bond donors (Lipinski definition) is 1. The summed E-state index contributed by atoms with van der Waals surface area (Å²) in [6.07, 6.45) is 0. The van der Waals surface area contributed by atoms with Gasteiger partial charge in [-0.2, -0.15) is 0 Å². The molecule has 132 valence electrons. The van der Waals surface area contributed by atoms with Crippen LogP contribution in [0.4, 0.5) is 5.69 Å². The first-order valence-electron chi connectivity index (χ1n) is 8.22. The SMILES string of the molecule is Cc1ccc(NC(=O)CSCC(=O)N(C)C(C)c2ccccc2)cc1. The molecule has 0 spiro atoms. The summed E-state index contributed by atoms with van der Waals surface area (Å²) < 4.78 is 0. The fraction of sp³-hybridized carbons (Fsp3) is 0.300. The summed E-state index contributed by atoms with van der Waals surface area (Å²) in [5, 5.41) is 2.84. The summed E-state index contributed by atoms with van der Waals surface area (Å²) in [5.41, 5.74) is 3.02. The largest absolute Gasteiger partial charge is 0.338 e. The number of aryl methyl sites for hydroxylation is 1. The Labute approximate surface area is 153 Å². The number of anilines is 1. The number of nitrogens with zero attached hydrogens (tertiary/aromatic N) is 1. The minimum absolute atomic E-state index is 0.00989. The molecule has 0 aromatic heterocycles. The van der Waals surface area contributed by atoms with Crippen molar-refractivity contribution in [2.45, 2.75) is 19.9 Å². The lowest BCUT2D eigenvalue weighted by molar-refractivity contribution is -0.128. The first-order valence-corrected chi connectivity index (χ1v) is 9.37. The number of amides is 2. The summed E-state index contributed by atoms with van der Waals surface area (Å²) in [6.45, 7) is 4.00. The third-order valence-electron chi connectivity index (χ3n) is 4.05. The summed E-state index contributed by atoms with van der Waals surface area (Å²) in [4.78, 5) is 26.0. The van der Waals surface area contributed by atoms with Crippen LogP contribution in [0.3, 0.4) is 0 Å². The molecule has 0 saturated carbocycles. The van der Waals surface area contributed by atoms with Crippen LogP contribution in [0.2, 0.25) is 0 Å². The second-order valence-corrected chi connectivity index (χ2v) is 6.98. The summed E-state index contributed by atoms with van der Waals surface area (Å²) in [7, 11) is 1.80. The molecule has 0 aliphatic carbocycles. The molecule has 1 unspecified atom stereocenters. The molecule has 5 heteroatoms. The molecule has 2 rings (SSSR count). The number of benzene rings is 2. The van der Waals surface area contributed by atoms with Gasteiger partial charge in [-0.15, -0.1) is 11.8 Å². The first kappa shape index (κ1) is 19.1. The minimum atomic E-state index is -0.0968. The average molecular weight is 356 g/mol. The molecule has 25 heavy (non-hydrogen) atoms. The van der Waals surface area contributed by atoms with E-state index in [0.29, 0.717) is 0 Å². The number of carbonyl (C=O) groups excluding carboxylic acids is 2. The maximum atomic E-state index is 12.3. The minimum Gasteiger partial charge on any atom is -0.338 e. The van der Waals surface area contributed by atoms with Crippen molar-refractivity contribution in [1.82, 2.24) is 4.90 Å². The fourth-order valence-corrected chi connectivity index (χ4v) is 3.08. The van der Waals surface area contributed by atoms with Crippen molar-refractivity contribution in [2.24, 2.45) is 0 Å². The smallest absolute Gasteiger partial charge is 0.234 e. The molecule has 0 radical (unpaired) electrons. The Bertz CT molecular complexity index is 701. The monoisotopic (exact) mass is 356 g/mol. The van der Waals surface area contributed by atoms with E-state index >= 15 is 0 Å². The highest BCUT2D eigenvalue weighted by Crippen LogP contribution is 2.19. The van der Waals surface area contributed by atoms with E-state index < -0.39 is 0 Å². The predicted molar refractivity (Wildman–Crippen MR) is 105 cm³/mol. The Kier molecular flexibility index (Phi) is 7.07. The molecule has 1 atom stereocenters. The molecular weight excluding hydrogens is 332 g/mol. The Morgan fingerprint density at radius 2 is 1.68 bits per heavy atom. The average Bonchev–Trinajstić information content (AvgIpc) is 2.63. The number of rotatable bonds is 7. The molecule has 0 aliphatic rings. The third-order valence-corrected chi connectivity index (χ3v) is 4.97. The van der Waals surface area contributed by atoms with E-state index in [9.17, 15) is 9.59 Å². The van der Waals surface area contributed by atoms with Crippen molar-refractivity contribution in [3.8, 4) is 0 Å². The standard InChI is InChI=1S/C20H24N2O2S/c1-15-9-11-18(12-10-15)21-19(23)13-25-14-20(24)22(3)16(2)17-7-5-4-6-8-17/h4-12,16H,13-14H2,1-3H3,(H,21,23). The maximum Gasteiger partial charge on any atom is 0.234 e. The molecular formula is C20H24N2O2S. The highest BCUT2D eigenvalue weighted by molar-refractivity contribution is 8.00. The molecule has 0 bridgehead atoms. The zero-order chi connectivity index (χ0) is 18.2. The van der Waals surface area contributed by atoms with Gasteiger partial charge in [0.05, 0.1) is 17.5 Å². The van der Waals surface area contributed by atoms with Crippen LogP contribution in [0.5, 0.6) is 0 Å². The van der Waals surface area contributed by atoms with Crippen molar-refractivity contribution < 1.29 is 9.59 Å². The second kappa shape index (κ2) is 9.28. The topological polar surface area (TPSA) is 49.4 Å². The Morgan fingerprint density at radius 1 is 1.04 bits per heavy atom. The first-order chi connectivity index (χ1) is 12.0. The Hall–Kier alpha value is -2.27. The van der Waals surface area contributed by atoms with Gasteiger partial charge in [-0.05, 0) is 31.5 Å². The van der Waals surface area contributed by atoms with E-state index in [0.717, 1.165) is 16.8 Å². The number of hydrogen-bond acceptors (Lipinski definition) is 3. The normalized spacial score (nSPS) is 11.6. The molecule has 0 saturated heterocycles. The maximum absolute atomic E-state index is 12.3. The van der Waals surface area contributed by atoms with E-state index in [-0.39, 0.29) is 29.4 Å². The van der Waals surface area contributed by atoms with Crippen molar-refractivity contribution in [3.05, 3.63) is 65.7 Å². The van der Waals surface area contributed by atoms with E-state index in [1.165, 1.54) is 11.8 Å². The Balaban J connectivity index is 1.75. The number of nitrogens with one attached hydrogen (secondary N) is 1. The van der Waals surface area contributed by atoms with Crippen LogP contribution in [0, 0.1) is 6.92 Å². The van der Waals surface area contributed by atoms with Gasteiger partial charge in [-0.3, -0.25) is 9.59 Å². The third kappa shape index (κ3) is 5.94. The molecule has 1 N–H and O–H groups in total. The molecule has 0 aliphatic heterocycles. The van der Waals surface area contributed by atoms with Gasteiger partial charge in [0, 0.05) is 12.7 Å². The molecule has 0 heterocycles. The quantitative estimate of drug-likeness (QED) is 0.819. The highest BCUT2D eigenvalue weighted by Gasteiger charge is 2.17. The molecule has 4 nitrogen and oxygen atoms in total. The van der Waals surface area contributed by atoms with Crippen molar-refractivity contribution >= 4 is 29.3 Å². The lowest BCUT2D eigenvalue weighted by Crippen LogP contribution is -2.31. The summed E-state index contributed by atoms with van der Waals surface area (Å²) >= 11 is 1.33. The van der Waals surface area contributed by atoms with Gasteiger partial charge in [0.25, 0.3) is 0 Å². The molecule has 0 fully saturated rings. The van der Waals surface area contributed by atoms with Crippen LogP contribution in [0.25, 0.3) is 0 Å². The van der Waals surface area contributed by atoms with Crippen LogP contribution in [0.15, 0.2) is 54.6 Å². The van der Waals surface area contributed by atoms with E-state index in [1.54, 1.807) is 11.9 Å². The van der Waals surface area contributed by atoms with Crippen molar-refractivity contribution in [3.63, 3.8) is 0 Å². The van der Waals surface area contributed by atoms with E-state index in [1.807, 2.05) is 68.4 Å². The highest BCUT2D eigenvalue weighted by atomic mass is 32.2. The van der Waals surface area contributed by atoms with E-state index in [4.69, 9.17) is 0 Å². The lowest BCUT2D eigenvalue weighted by atomic mass is 10.1. The fourth-order valence-electron chi connectivity index (χ4n) is 2.34. The van der Waals surface area contributed by atoms with Crippen LogP contribution in [-0.2, 0) is 9.59 Å². The summed E-state index contributed by atoms with van der Waals surface area (Å²) in [5.74, 6) is 0.465. The number of carbonyl (C=O) groups is 2. The van der Waals surface area contributed by atoms with Gasteiger partial charge in [0.2, 0.25) is 11.8 Å². The Morgan fingerprint density at radius 3 is 2.32 bits per heavy atom. The van der Waals surface area contributed by atoms with Gasteiger partial charge in [-0.25, -0.2) is 0 Å². The van der Waals surface area contributed by atoms with Crippen LogP contribution < -0.4 is 5.32 Å². The van der Waals surface area contributed by atoms with Gasteiger partial charge < -0.3 is 10.2 Å². The lowest BCUT2D eigenvalue weighted by Gasteiger charge is -2.25. The van der Waals surface area contributed by atoms with Gasteiger partial charge >= 0.3 is 0 Å². The van der Waals surface area contributed by atoms with Crippen molar-refractivity contribution in [2.75, 3.05) is 23.9 Å². The molecule has 2 amide bonds. The second-order valence-electron chi connectivity index (χ2n) is 6.00. The van der Waals surface area contributed by atoms with E-state index in [2.05, 4.69) is 5.32 Å². The van der Waals surface area contributed by atoms with Crippen LogP contribution in [0.1, 0.15) is 24.1 Å². The molecule has 2 aromatic carbocycles. The van der Waals surface area contributed by atoms with Gasteiger partial charge in [0.15, 0.2) is 0 Å². The molecule has 2 aromatic rings. The van der Waals surface area contributed by atoms with Crippen LogP contribution >= 0.6 is 11.8 Å². The number of thioether (sulfide) groups is 1. The zero-order valence-corrected chi connectivity index (χ0v) is 15.7. The zero-order valence-electron chi connectivity index (χ0n) is 14.9. The van der Waals surface area contributed by atoms with Crippen molar-refractivity contribution in [1.29, 1.82) is 0 Å². The van der Waals surface area contributed by atoms with Gasteiger partial charge in [-0.1, -0.05) is 48.0 Å². The van der Waals surface area contributed by atoms with Gasteiger partial charge in [0.1, 0.15) is 0 Å². The van der Waals surface area contributed by atoms with Crippen LogP contribution in [-0.4, -0.2) is 35.3 Å². The summed E-state index contributed by atoms with van der Waals surface area (Å²) in [6, 6.07) is 17.6.